The standard InChI is InChI=1S/C18H22N6O2S/c1-22-8-6-20-16(22)14-11-19-5-10-24(14)17(25)15-4-3-13(26-15)12-27-18-21-7-9-23(18)2/h3-4,6-9,14,19H,5,10-12H2,1-2H3. The van der Waals surface area contributed by atoms with E-state index in [2.05, 4.69) is 15.3 Å². The molecule has 8 nitrogen and oxygen atoms in total. The van der Waals surface area contributed by atoms with Crippen LogP contribution in [0.4, 0.5) is 0 Å². The molecule has 0 aliphatic carbocycles. The van der Waals surface area contributed by atoms with E-state index in [9.17, 15) is 4.79 Å². The van der Waals surface area contributed by atoms with Gasteiger partial charge in [-0.05, 0) is 12.1 Å². The van der Waals surface area contributed by atoms with E-state index in [-0.39, 0.29) is 11.9 Å². The van der Waals surface area contributed by atoms with Crippen molar-refractivity contribution < 1.29 is 9.21 Å². The number of amides is 1. The number of imidazole rings is 2. The molecule has 9 heteroatoms. The van der Waals surface area contributed by atoms with Gasteiger partial charge in [-0.15, -0.1) is 0 Å². The van der Waals surface area contributed by atoms with Crippen molar-refractivity contribution in [3.8, 4) is 0 Å². The van der Waals surface area contributed by atoms with Crippen molar-refractivity contribution >= 4 is 17.7 Å². The topological polar surface area (TPSA) is 81.1 Å². The number of nitrogens with zero attached hydrogens (tertiary/aromatic N) is 5. The van der Waals surface area contributed by atoms with Gasteiger partial charge in [0.25, 0.3) is 5.91 Å². The van der Waals surface area contributed by atoms with E-state index in [1.165, 1.54) is 0 Å². The molecule has 0 aromatic carbocycles. The molecule has 1 N–H and O–H groups in total. The van der Waals surface area contributed by atoms with Crippen LogP contribution in [0.1, 0.15) is 28.2 Å². The first-order valence-corrected chi connectivity index (χ1v) is 9.80. The monoisotopic (exact) mass is 386 g/mol. The first-order chi connectivity index (χ1) is 13.1. The first-order valence-electron chi connectivity index (χ1n) is 8.81. The zero-order chi connectivity index (χ0) is 18.8. The second-order valence-electron chi connectivity index (χ2n) is 6.49. The predicted molar refractivity (Wildman–Crippen MR) is 101 cm³/mol. The Balaban J connectivity index is 1.47. The molecule has 4 rings (SSSR count). The fourth-order valence-electron chi connectivity index (χ4n) is 3.21. The molecular weight excluding hydrogens is 364 g/mol. The molecule has 0 bridgehead atoms. The third kappa shape index (κ3) is 3.65. The molecule has 1 unspecified atom stereocenters. The molecule has 4 heterocycles. The zero-order valence-electron chi connectivity index (χ0n) is 15.3. The SMILES string of the molecule is Cn1ccnc1SCc1ccc(C(=O)N2CCNCC2c2nccn2C)o1. The second kappa shape index (κ2) is 7.61. The number of rotatable bonds is 5. The number of thioether (sulfide) groups is 1. The van der Waals surface area contributed by atoms with E-state index in [1.54, 1.807) is 30.2 Å². The summed E-state index contributed by atoms with van der Waals surface area (Å²) in [6.07, 6.45) is 7.32. The summed E-state index contributed by atoms with van der Waals surface area (Å²) < 4.78 is 9.75. The fourth-order valence-corrected chi connectivity index (χ4v) is 4.04. The van der Waals surface area contributed by atoms with E-state index in [1.807, 2.05) is 46.6 Å². The van der Waals surface area contributed by atoms with Crippen LogP contribution in [-0.2, 0) is 19.8 Å². The Bertz CT molecular complexity index is 930. The number of aromatic nitrogens is 4. The number of nitrogens with one attached hydrogen (secondary N) is 1. The second-order valence-corrected chi connectivity index (χ2v) is 7.43. The minimum absolute atomic E-state index is 0.0993. The van der Waals surface area contributed by atoms with Gasteiger partial charge in [-0.3, -0.25) is 4.79 Å². The van der Waals surface area contributed by atoms with Gasteiger partial charge in [0.05, 0.1) is 5.75 Å². The largest absolute Gasteiger partial charge is 0.455 e. The van der Waals surface area contributed by atoms with Crippen LogP contribution in [0, 0.1) is 0 Å². The molecular formula is C18H22N6O2S. The maximum absolute atomic E-state index is 13.1. The summed E-state index contributed by atoms with van der Waals surface area (Å²) in [7, 11) is 3.90. The van der Waals surface area contributed by atoms with Gasteiger partial charge in [0.1, 0.15) is 17.6 Å². The van der Waals surface area contributed by atoms with Crippen LogP contribution in [0.25, 0.3) is 0 Å². The molecule has 3 aromatic rings. The van der Waals surface area contributed by atoms with Crippen molar-refractivity contribution in [2.45, 2.75) is 17.0 Å². The summed E-state index contributed by atoms with van der Waals surface area (Å²) in [5.74, 6) is 2.52. The van der Waals surface area contributed by atoms with E-state index in [4.69, 9.17) is 4.42 Å². The average molecular weight is 386 g/mol. The molecule has 0 spiro atoms. The Morgan fingerprint density at radius 1 is 1.26 bits per heavy atom. The van der Waals surface area contributed by atoms with E-state index >= 15 is 0 Å². The predicted octanol–water partition coefficient (Wildman–Crippen LogP) is 1.83. The minimum atomic E-state index is -0.109. The fraction of sp³-hybridized carbons (Fsp3) is 0.389. The average Bonchev–Trinajstić information content (AvgIpc) is 3.41. The van der Waals surface area contributed by atoms with Crippen LogP contribution < -0.4 is 5.32 Å². The number of aryl methyl sites for hydroxylation is 2. The Morgan fingerprint density at radius 2 is 2.07 bits per heavy atom. The molecule has 1 amide bonds. The van der Waals surface area contributed by atoms with Crippen molar-refractivity contribution in [3.63, 3.8) is 0 Å². The highest BCUT2D eigenvalue weighted by molar-refractivity contribution is 7.98. The lowest BCUT2D eigenvalue weighted by molar-refractivity contribution is 0.0587. The van der Waals surface area contributed by atoms with Gasteiger partial charge in [0.15, 0.2) is 10.9 Å². The molecule has 0 radical (unpaired) electrons. The molecule has 3 aromatic heterocycles. The molecule has 27 heavy (non-hydrogen) atoms. The number of piperazine rings is 1. The highest BCUT2D eigenvalue weighted by atomic mass is 32.2. The van der Waals surface area contributed by atoms with Crippen LogP contribution in [0.2, 0.25) is 0 Å². The maximum Gasteiger partial charge on any atom is 0.290 e. The Hall–Kier alpha value is -2.52. The number of carbonyl (C=O) groups excluding carboxylic acids is 1. The van der Waals surface area contributed by atoms with Crippen molar-refractivity contribution in [2.75, 3.05) is 19.6 Å². The normalized spacial score (nSPS) is 17.4. The van der Waals surface area contributed by atoms with Gasteiger partial charge in [0, 0.05) is 58.5 Å². The smallest absolute Gasteiger partial charge is 0.290 e. The first kappa shape index (κ1) is 17.9. The van der Waals surface area contributed by atoms with Crippen molar-refractivity contribution in [2.24, 2.45) is 14.1 Å². The third-order valence-electron chi connectivity index (χ3n) is 4.65. The zero-order valence-corrected chi connectivity index (χ0v) is 16.1. The summed E-state index contributed by atoms with van der Waals surface area (Å²) >= 11 is 1.58. The van der Waals surface area contributed by atoms with E-state index in [0.717, 1.165) is 23.3 Å². The number of furan rings is 1. The van der Waals surface area contributed by atoms with Crippen LogP contribution in [0.5, 0.6) is 0 Å². The highest BCUT2D eigenvalue weighted by Gasteiger charge is 2.32. The lowest BCUT2D eigenvalue weighted by Gasteiger charge is -2.35. The lowest BCUT2D eigenvalue weighted by Crippen LogP contribution is -2.49. The quantitative estimate of drug-likeness (QED) is 0.674. The summed E-state index contributed by atoms with van der Waals surface area (Å²) in [6, 6.07) is 3.51. The number of hydrogen-bond donors (Lipinski definition) is 1. The molecule has 0 saturated carbocycles. The van der Waals surface area contributed by atoms with Crippen molar-refractivity contribution in [1.29, 1.82) is 0 Å². The number of hydrogen-bond acceptors (Lipinski definition) is 6. The molecule has 1 saturated heterocycles. The Morgan fingerprint density at radius 3 is 2.81 bits per heavy atom. The lowest BCUT2D eigenvalue weighted by atomic mass is 10.1. The van der Waals surface area contributed by atoms with Crippen LogP contribution in [0.15, 0.2) is 46.5 Å². The van der Waals surface area contributed by atoms with E-state index in [0.29, 0.717) is 24.6 Å². The van der Waals surface area contributed by atoms with Gasteiger partial charge >= 0.3 is 0 Å². The van der Waals surface area contributed by atoms with Crippen LogP contribution >= 0.6 is 11.8 Å². The molecule has 1 aliphatic rings. The molecule has 142 valence electrons. The summed E-state index contributed by atoms with van der Waals surface area (Å²) in [5, 5.41) is 4.26. The van der Waals surface area contributed by atoms with E-state index < -0.39 is 0 Å². The Kier molecular flexibility index (Phi) is 5.04. The minimum Gasteiger partial charge on any atom is -0.455 e. The highest BCUT2D eigenvalue weighted by Crippen LogP contribution is 2.25. The van der Waals surface area contributed by atoms with Gasteiger partial charge in [-0.1, -0.05) is 11.8 Å². The van der Waals surface area contributed by atoms with Gasteiger partial charge < -0.3 is 23.8 Å². The van der Waals surface area contributed by atoms with Crippen molar-refractivity contribution in [3.05, 3.63) is 54.3 Å². The van der Waals surface area contributed by atoms with Gasteiger partial charge in [0.2, 0.25) is 0 Å². The maximum atomic E-state index is 13.1. The molecule has 1 aliphatic heterocycles. The van der Waals surface area contributed by atoms with Crippen molar-refractivity contribution in [1.82, 2.24) is 29.3 Å². The third-order valence-corrected chi connectivity index (χ3v) is 5.73. The molecule has 1 atom stereocenters. The summed E-state index contributed by atoms with van der Waals surface area (Å²) in [5.41, 5.74) is 0. The van der Waals surface area contributed by atoms with Gasteiger partial charge in [-0.25, -0.2) is 9.97 Å². The van der Waals surface area contributed by atoms with Crippen LogP contribution in [-0.4, -0.2) is 49.5 Å². The Labute approximate surface area is 161 Å². The number of carbonyl (C=O) groups is 1. The molecule has 1 fully saturated rings. The van der Waals surface area contributed by atoms with Crippen LogP contribution in [0.3, 0.4) is 0 Å². The summed E-state index contributed by atoms with van der Waals surface area (Å²) in [4.78, 5) is 23.6. The summed E-state index contributed by atoms with van der Waals surface area (Å²) in [6.45, 7) is 2.06. The van der Waals surface area contributed by atoms with Gasteiger partial charge in [-0.2, -0.15) is 0 Å².